The third-order valence-corrected chi connectivity index (χ3v) is 5.01. The fraction of sp³-hybridized carbons (Fsp3) is 0.222. The number of nitrogens with two attached hydrogens (primary N) is 1. The summed E-state index contributed by atoms with van der Waals surface area (Å²) in [6.45, 7) is 2.59. The van der Waals surface area contributed by atoms with Crippen molar-refractivity contribution in [3.05, 3.63) is 52.7 Å². The number of esters is 1. The lowest BCUT2D eigenvalue weighted by atomic mass is 10.2. The minimum atomic E-state index is -0.419. The van der Waals surface area contributed by atoms with Gasteiger partial charge >= 0.3 is 5.97 Å². The second kappa shape index (κ2) is 6.98. The standard InChI is InChI=1S/C18H19N3O3S/c1-11-14(16-8-15(19)17(25-16)18(22)24-3)10-21(20-11)9-12-4-6-13(23-2)7-5-12/h4-8,10H,9,19H2,1-3H3. The van der Waals surface area contributed by atoms with Crippen LogP contribution in [0.3, 0.4) is 0 Å². The van der Waals surface area contributed by atoms with Gasteiger partial charge in [-0.25, -0.2) is 4.79 Å². The molecular weight excluding hydrogens is 338 g/mol. The Hall–Kier alpha value is -2.80. The Morgan fingerprint density at radius 3 is 2.64 bits per heavy atom. The number of anilines is 1. The maximum atomic E-state index is 11.7. The third kappa shape index (κ3) is 3.51. The molecule has 3 rings (SSSR count). The average molecular weight is 357 g/mol. The van der Waals surface area contributed by atoms with E-state index in [1.807, 2.05) is 42.1 Å². The second-order valence-electron chi connectivity index (χ2n) is 5.56. The number of carbonyl (C=O) groups is 1. The maximum Gasteiger partial charge on any atom is 0.350 e. The van der Waals surface area contributed by atoms with E-state index in [0.717, 1.165) is 27.4 Å². The average Bonchev–Trinajstić information content (AvgIpc) is 3.17. The maximum absolute atomic E-state index is 11.7. The number of thiophene rings is 1. The number of hydrogen-bond donors (Lipinski definition) is 1. The number of nitrogen functional groups attached to an aromatic ring is 1. The van der Waals surface area contributed by atoms with E-state index in [9.17, 15) is 4.79 Å². The van der Waals surface area contributed by atoms with Crippen LogP contribution in [0.15, 0.2) is 36.5 Å². The van der Waals surface area contributed by atoms with Gasteiger partial charge in [-0.3, -0.25) is 4.68 Å². The molecule has 0 aliphatic carbocycles. The summed E-state index contributed by atoms with van der Waals surface area (Å²) in [5, 5.41) is 4.56. The first-order chi connectivity index (χ1) is 12.0. The number of nitrogens with zero attached hydrogens (tertiary/aromatic N) is 2. The van der Waals surface area contributed by atoms with Crippen molar-refractivity contribution in [2.45, 2.75) is 13.5 Å². The molecule has 0 saturated heterocycles. The molecule has 6 nitrogen and oxygen atoms in total. The first-order valence-electron chi connectivity index (χ1n) is 7.66. The highest BCUT2D eigenvalue weighted by Crippen LogP contribution is 2.35. The molecule has 2 aromatic heterocycles. The first kappa shape index (κ1) is 17.0. The van der Waals surface area contributed by atoms with Gasteiger partial charge < -0.3 is 15.2 Å². The Morgan fingerprint density at radius 2 is 2.00 bits per heavy atom. The zero-order valence-corrected chi connectivity index (χ0v) is 15.1. The molecule has 1 aromatic carbocycles. The molecule has 0 radical (unpaired) electrons. The van der Waals surface area contributed by atoms with Gasteiger partial charge in [-0.15, -0.1) is 11.3 Å². The van der Waals surface area contributed by atoms with Gasteiger partial charge in [0.1, 0.15) is 10.6 Å². The van der Waals surface area contributed by atoms with E-state index in [1.54, 1.807) is 13.2 Å². The Bertz CT molecular complexity index is 897. The van der Waals surface area contributed by atoms with Crippen molar-refractivity contribution in [1.82, 2.24) is 9.78 Å². The number of aromatic nitrogens is 2. The van der Waals surface area contributed by atoms with E-state index < -0.39 is 5.97 Å². The summed E-state index contributed by atoms with van der Waals surface area (Å²) < 4.78 is 11.8. The van der Waals surface area contributed by atoms with E-state index in [4.69, 9.17) is 15.2 Å². The van der Waals surface area contributed by atoms with E-state index in [2.05, 4.69) is 5.10 Å². The summed E-state index contributed by atoms with van der Waals surface area (Å²) in [4.78, 5) is 13.1. The monoisotopic (exact) mass is 357 g/mol. The van der Waals surface area contributed by atoms with Gasteiger partial charge in [0.25, 0.3) is 0 Å². The largest absolute Gasteiger partial charge is 0.497 e. The van der Waals surface area contributed by atoms with Crippen LogP contribution in [0, 0.1) is 6.92 Å². The van der Waals surface area contributed by atoms with Crippen LogP contribution in [-0.4, -0.2) is 30.0 Å². The number of aryl methyl sites for hydroxylation is 1. The molecule has 0 bridgehead atoms. The van der Waals surface area contributed by atoms with Gasteiger partial charge in [0.2, 0.25) is 0 Å². The quantitative estimate of drug-likeness (QED) is 0.709. The molecule has 0 atom stereocenters. The molecule has 0 aliphatic rings. The van der Waals surface area contributed by atoms with Gasteiger partial charge in [-0.05, 0) is 30.7 Å². The summed E-state index contributed by atoms with van der Waals surface area (Å²) in [7, 11) is 2.99. The highest BCUT2D eigenvalue weighted by molar-refractivity contribution is 7.18. The van der Waals surface area contributed by atoms with Gasteiger partial charge in [0.15, 0.2) is 0 Å². The Labute approximate surface area is 149 Å². The van der Waals surface area contributed by atoms with Crippen LogP contribution < -0.4 is 10.5 Å². The second-order valence-corrected chi connectivity index (χ2v) is 6.61. The lowest BCUT2D eigenvalue weighted by molar-refractivity contribution is 0.0607. The fourth-order valence-corrected chi connectivity index (χ4v) is 3.61. The van der Waals surface area contributed by atoms with Crippen molar-refractivity contribution >= 4 is 23.0 Å². The predicted octanol–water partition coefficient (Wildman–Crippen LogP) is 3.35. The highest BCUT2D eigenvalue weighted by Gasteiger charge is 2.18. The molecule has 25 heavy (non-hydrogen) atoms. The summed E-state index contributed by atoms with van der Waals surface area (Å²) >= 11 is 1.31. The van der Waals surface area contributed by atoms with Crippen LogP contribution in [-0.2, 0) is 11.3 Å². The van der Waals surface area contributed by atoms with Crippen molar-refractivity contribution in [3.63, 3.8) is 0 Å². The molecule has 0 aliphatic heterocycles. The smallest absolute Gasteiger partial charge is 0.350 e. The molecule has 0 unspecified atom stereocenters. The lowest BCUT2D eigenvalue weighted by Gasteiger charge is -2.03. The van der Waals surface area contributed by atoms with Crippen LogP contribution in [0.2, 0.25) is 0 Å². The summed E-state index contributed by atoms with van der Waals surface area (Å²) in [6, 6.07) is 9.66. The molecule has 7 heteroatoms. The van der Waals surface area contributed by atoms with Crippen molar-refractivity contribution in [2.24, 2.45) is 0 Å². The molecule has 0 spiro atoms. The number of rotatable bonds is 5. The molecule has 2 N–H and O–H groups in total. The van der Waals surface area contributed by atoms with E-state index in [0.29, 0.717) is 17.1 Å². The topological polar surface area (TPSA) is 79.4 Å². The number of hydrogen-bond acceptors (Lipinski definition) is 6. The summed E-state index contributed by atoms with van der Waals surface area (Å²) in [6.07, 6.45) is 1.96. The Morgan fingerprint density at radius 1 is 1.28 bits per heavy atom. The number of benzene rings is 1. The van der Waals surface area contributed by atoms with Crippen molar-refractivity contribution in [2.75, 3.05) is 20.0 Å². The van der Waals surface area contributed by atoms with Crippen LogP contribution in [0.5, 0.6) is 5.75 Å². The van der Waals surface area contributed by atoms with Crippen molar-refractivity contribution in [1.29, 1.82) is 0 Å². The highest BCUT2D eigenvalue weighted by atomic mass is 32.1. The fourth-order valence-electron chi connectivity index (χ4n) is 2.55. The first-order valence-corrected chi connectivity index (χ1v) is 8.48. The van der Waals surface area contributed by atoms with E-state index >= 15 is 0 Å². The molecule has 0 amide bonds. The van der Waals surface area contributed by atoms with Crippen molar-refractivity contribution in [3.8, 4) is 16.2 Å². The van der Waals surface area contributed by atoms with Gasteiger partial charge in [0.05, 0.1) is 32.1 Å². The third-order valence-electron chi connectivity index (χ3n) is 3.85. The summed E-state index contributed by atoms with van der Waals surface area (Å²) in [5.74, 6) is 0.405. The number of carbonyl (C=O) groups excluding carboxylic acids is 1. The normalized spacial score (nSPS) is 10.7. The Balaban J connectivity index is 1.86. The lowest BCUT2D eigenvalue weighted by Crippen LogP contribution is -2.00. The molecule has 2 heterocycles. The minimum absolute atomic E-state index is 0.416. The van der Waals surface area contributed by atoms with Gasteiger partial charge in [-0.1, -0.05) is 12.1 Å². The molecule has 3 aromatic rings. The van der Waals surface area contributed by atoms with Crippen LogP contribution in [0.25, 0.3) is 10.4 Å². The summed E-state index contributed by atoms with van der Waals surface area (Å²) in [5.41, 5.74) is 9.32. The predicted molar refractivity (Wildman–Crippen MR) is 98.1 cm³/mol. The molecule has 0 saturated carbocycles. The molecule has 130 valence electrons. The zero-order valence-electron chi connectivity index (χ0n) is 14.3. The SMILES string of the molecule is COC(=O)c1sc(-c2cn(Cc3ccc(OC)cc3)nc2C)cc1N. The van der Waals surface area contributed by atoms with E-state index in [-0.39, 0.29) is 0 Å². The van der Waals surface area contributed by atoms with Gasteiger partial charge in [0, 0.05) is 16.6 Å². The number of ether oxygens (including phenoxy) is 2. The van der Waals surface area contributed by atoms with Gasteiger partial charge in [-0.2, -0.15) is 5.10 Å². The van der Waals surface area contributed by atoms with Crippen LogP contribution in [0.1, 0.15) is 20.9 Å². The Kier molecular flexibility index (Phi) is 4.76. The molecular formula is C18H19N3O3S. The molecule has 0 fully saturated rings. The van der Waals surface area contributed by atoms with Crippen molar-refractivity contribution < 1.29 is 14.3 Å². The van der Waals surface area contributed by atoms with Crippen LogP contribution >= 0.6 is 11.3 Å². The minimum Gasteiger partial charge on any atom is -0.497 e. The number of methoxy groups -OCH3 is 2. The zero-order chi connectivity index (χ0) is 18.0. The van der Waals surface area contributed by atoms with Crippen LogP contribution in [0.4, 0.5) is 5.69 Å². The van der Waals surface area contributed by atoms with E-state index in [1.165, 1.54) is 18.4 Å².